The van der Waals surface area contributed by atoms with Crippen molar-refractivity contribution < 1.29 is 35.8 Å². The van der Waals surface area contributed by atoms with E-state index in [0.29, 0.717) is 37.8 Å². The molecule has 54 heavy (non-hydrogen) atoms. The van der Waals surface area contributed by atoms with Crippen LogP contribution in [-0.2, 0) is 40.4 Å². The standard InChI is InChI=1S/C42H72N2O8S2/c1-11-13-15-17-19-25-43(9)53(45,46)39-33-35(41(3,4)5)21-23-37(39)51-31-29-49-27-28-50-30-32-52-38-24-22-36(42(6,7)8)34-40(38)54(47,48)44(10)26-20-18-16-14-12-2/h21-24,33-34H,11-20,25-32H2,1-10H3. The molecule has 2 rings (SSSR count). The lowest BCUT2D eigenvalue weighted by Gasteiger charge is -2.24. The van der Waals surface area contributed by atoms with Crippen molar-refractivity contribution in [2.75, 3.05) is 66.8 Å². The minimum absolute atomic E-state index is 0.173. The molecule has 0 aliphatic rings. The summed E-state index contributed by atoms with van der Waals surface area (Å²) in [7, 11) is -4.24. The molecule has 0 bridgehead atoms. The molecule has 0 unspecified atom stereocenters. The third-order valence-electron chi connectivity index (χ3n) is 9.49. The van der Waals surface area contributed by atoms with E-state index >= 15 is 0 Å². The number of nitrogens with zero attached hydrogens (tertiary/aromatic N) is 2. The van der Waals surface area contributed by atoms with Gasteiger partial charge in [0.05, 0.1) is 26.4 Å². The van der Waals surface area contributed by atoms with E-state index in [-0.39, 0.29) is 47.0 Å². The molecule has 10 nitrogen and oxygen atoms in total. The lowest BCUT2D eigenvalue weighted by Crippen LogP contribution is -2.29. The van der Waals surface area contributed by atoms with Crippen LogP contribution in [0.4, 0.5) is 0 Å². The van der Waals surface area contributed by atoms with Crippen LogP contribution < -0.4 is 9.47 Å². The Balaban J connectivity index is 1.90. The van der Waals surface area contributed by atoms with Gasteiger partial charge in [-0.05, 0) is 59.1 Å². The van der Waals surface area contributed by atoms with E-state index in [1.54, 1.807) is 38.4 Å². The first-order valence-corrected chi connectivity index (χ1v) is 22.9. The van der Waals surface area contributed by atoms with Crippen molar-refractivity contribution in [2.24, 2.45) is 0 Å². The summed E-state index contributed by atoms with van der Waals surface area (Å²) in [6, 6.07) is 10.8. The first-order valence-electron chi connectivity index (χ1n) is 20.0. The van der Waals surface area contributed by atoms with E-state index in [9.17, 15) is 16.8 Å². The summed E-state index contributed by atoms with van der Waals surface area (Å²) in [5.41, 5.74) is 1.39. The van der Waals surface area contributed by atoms with Gasteiger partial charge in [-0.1, -0.05) is 119 Å². The number of rotatable bonds is 27. The maximum atomic E-state index is 13.7. The summed E-state index contributed by atoms with van der Waals surface area (Å²) in [4.78, 5) is 0.347. The molecule has 0 atom stereocenters. The van der Waals surface area contributed by atoms with Gasteiger partial charge < -0.3 is 18.9 Å². The van der Waals surface area contributed by atoms with Gasteiger partial charge in [-0.15, -0.1) is 0 Å². The van der Waals surface area contributed by atoms with Gasteiger partial charge in [0.15, 0.2) is 0 Å². The lowest BCUT2D eigenvalue weighted by molar-refractivity contribution is 0.0268. The molecule has 2 aromatic carbocycles. The number of unbranched alkanes of at least 4 members (excludes halogenated alkanes) is 8. The molecule has 310 valence electrons. The quantitative estimate of drug-likeness (QED) is 0.0825. The van der Waals surface area contributed by atoms with Crippen LogP contribution in [0.1, 0.15) is 131 Å². The molecular formula is C42H72N2O8S2. The Morgan fingerprint density at radius 2 is 0.833 bits per heavy atom. The van der Waals surface area contributed by atoms with Crippen molar-refractivity contribution in [1.82, 2.24) is 8.61 Å². The summed E-state index contributed by atoms with van der Waals surface area (Å²) in [5, 5.41) is 0. The van der Waals surface area contributed by atoms with Crippen molar-refractivity contribution in [3.8, 4) is 11.5 Å². The largest absolute Gasteiger partial charge is 0.490 e. The van der Waals surface area contributed by atoms with Crippen molar-refractivity contribution in [2.45, 2.75) is 140 Å². The van der Waals surface area contributed by atoms with Gasteiger partial charge in [-0.2, -0.15) is 0 Å². The molecule has 0 radical (unpaired) electrons. The summed E-state index contributed by atoms with van der Waals surface area (Å²) in [6.45, 7) is 19.0. The second-order valence-electron chi connectivity index (χ2n) is 16.2. The number of hydrogen-bond donors (Lipinski definition) is 0. The van der Waals surface area contributed by atoms with E-state index in [1.165, 1.54) is 8.61 Å². The fourth-order valence-corrected chi connectivity index (χ4v) is 8.51. The van der Waals surface area contributed by atoms with Crippen molar-refractivity contribution in [1.29, 1.82) is 0 Å². The molecule has 0 spiro atoms. The van der Waals surface area contributed by atoms with Crippen LogP contribution in [0.2, 0.25) is 0 Å². The zero-order valence-electron chi connectivity index (χ0n) is 35.2. The van der Waals surface area contributed by atoms with E-state index in [1.807, 2.05) is 12.1 Å². The minimum atomic E-state index is -3.76. The van der Waals surface area contributed by atoms with Gasteiger partial charge in [-0.3, -0.25) is 0 Å². The van der Waals surface area contributed by atoms with Crippen LogP contribution in [0.15, 0.2) is 46.2 Å². The molecule has 0 N–H and O–H groups in total. The highest BCUT2D eigenvalue weighted by Gasteiger charge is 2.29. The molecule has 0 fully saturated rings. The van der Waals surface area contributed by atoms with Crippen LogP contribution >= 0.6 is 0 Å². The van der Waals surface area contributed by atoms with Crippen LogP contribution in [0, 0.1) is 0 Å². The number of hydrogen-bond acceptors (Lipinski definition) is 8. The molecule has 0 aliphatic carbocycles. The Morgan fingerprint density at radius 1 is 0.500 bits per heavy atom. The lowest BCUT2D eigenvalue weighted by atomic mass is 9.87. The first-order chi connectivity index (χ1) is 25.4. The first kappa shape index (κ1) is 47.9. The van der Waals surface area contributed by atoms with Crippen LogP contribution in [0.3, 0.4) is 0 Å². The van der Waals surface area contributed by atoms with Crippen LogP contribution in [-0.4, -0.2) is 92.3 Å². The number of ether oxygens (including phenoxy) is 4. The van der Waals surface area contributed by atoms with Gasteiger partial charge in [0, 0.05) is 27.2 Å². The smallest absolute Gasteiger partial charge is 0.246 e. The third kappa shape index (κ3) is 15.7. The number of sulfonamides is 2. The van der Waals surface area contributed by atoms with E-state index in [2.05, 4.69) is 55.4 Å². The second kappa shape index (κ2) is 23.1. The minimum Gasteiger partial charge on any atom is -0.490 e. The Bertz CT molecular complexity index is 1480. The van der Waals surface area contributed by atoms with E-state index in [4.69, 9.17) is 18.9 Å². The van der Waals surface area contributed by atoms with Crippen LogP contribution in [0.25, 0.3) is 0 Å². The fourth-order valence-electron chi connectivity index (χ4n) is 5.79. The third-order valence-corrected chi connectivity index (χ3v) is 13.2. The molecule has 12 heteroatoms. The molecule has 0 aliphatic heterocycles. The molecule has 2 aromatic rings. The average Bonchev–Trinajstić information content (AvgIpc) is 3.11. The molecule has 0 saturated heterocycles. The second-order valence-corrected chi connectivity index (χ2v) is 20.3. The fraction of sp³-hybridized carbons (Fsp3) is 0.714. The van der Waals surface area contributed by atoms with Crippen molar-refractivity contribution in [3.05, 3.63) is 47.5 Å². The van der Waals surface area contributed by atoms with Crippen molar-refractivity contribution in [3.63, 3.8) is 0 Å². The van der Waals surface area contributed by atoms with E-state index in [0.717, 1.165) is 75.3 Å². The Morgan fingerprint density at radius 3 is 1.17 bits per heavy atom. The summed E-state index contributed by atoms with van der Waals surface area (Å²) >= 11 is 0. The summed E-state index contributed by atoms with van der Waals surface area (Å²) in [6.07, 6.45) is 10.4. The summed E-state index contributed by atoms with van der Waals surface area (Å²) in [5.74, 6) is 0.626. The predicted molar refractivity (Wildman–Crippen MR) is 220 cm³/mol. The van der Waals surface area contributed by atoms with Gasteiger partial charge in [-0.25, -0.2) is 25.4 Å². The Kier molecular flexibility index (Phi) is 20.5. The highest BCUT2D eigenvalue weighted by molar-refractivity contribution is 7.89. The zero-order valence-corrected chi connectivity index (χ0v) is 36.8. The zero-order chi connectivity index (χ0) is 40.4. The van der Waals surface area contributed by atoms with Gasteiger partial charge in [0.2, 0.25) is 20.0 Å². The highest BCUT2D eigenvalue weighted by atomic mass is 32.2. The van der Waals surface area contributed by atoms with Gasteiger partial charge >= 0.3 is 0 Å². The summed E-state index contributed by atoms with van der Waals surface area (Å²) < 4.78 is 80.9. The monoisotopic (exact) mass is 796 g/mol. The molecule has 0 amide bonds. The molecule has 0 aromatic heterocycles. The maximum Gasteiger partial charge on any atom is 0.246 e. The molecular weight excluding hydrogens is 725 g/mol. The molecule has 0 heterocycles. The maximum absolute atomic E-state index is 13.7. The van der Waals surface area contributed by atoms with Crippen LogP contribution in [0.5, 0.6) is 11.5 Å². The van der Waals surface area contributed by atoms with E-state index < -0.39 is 20.0 Å². The molecule has 0 saturated carbocycles. The normalized spacial score (nSPS) is 12.9. The Labute approximate surface area is 329 Å². The Hall–Kier alpha value is -2.22. The van der Waals surface area contributed by atoms with Gasteiger partial charge in [0.1, 0.15) is 34.5 Å². The topological polar surface area (TPSA) is 112 Å². The number of benzene rings is 2. The highest BCUT2D eigenvalue weighted by Crippen LogP contribution is 2.34. The van der Waals surface area contributed by atoms with Crippen molar-refractivity contribution >= 4 is 20.0 Å². The van der Waals surface area contributed by atoms with Gasteiger partial charge in [0.25, 0.3) is 0 Å². The average molecular weight is 797 g/mol. The predicted octanol–water partition coefficient (Wildman–Crippen LogP) is 8.95. The SMILES string of the molecule is CCCCCCCN(C)S(=O)(=O)c1cc(C(C)(C)C)ccc1OCCOCCOCCOc1ccc(C(C)(C)C)cc1S(=O)(=O)N(C)CCCCCCC.